The normalized spacial score (nSPS) is 12.7. The highest BCUT2D eigenvalue weighted by Crippen LogP contribution is 2.24. The zero-order valence-corrected chi connectivity index (χ0v) is 13.2. The second-order valence-corrected chi connectivity index (χ2v) is 5.44. The first kappa shape index (κ1) is 14.8. The van der Waals surface area contributed by atoms with Crippen molar-refractivity contribution in [3.63, 3.8) is 0 Å². The fraction of sp³-hybridized carbons (Fsp3) is 0.471. The molecule has 1 heterocycles. The summed E-state index contributed by atoms with van der Waals surface area (Å²) in [4.78, 5) is 0. The third-order valence-electron chi connectivity index (χ3n) is 4.08. The lowest BCUT2D eigenvalue weighted by atomic mass is 9.94. The Hall–Kier alpha value is -1.61. The van der Waals surface area contributed by atoms with Gasteiger partial charge in [0, 0.05) is 18.8 Å². The highest BCUT2D eigenvalue weighted by Gasteiger charge is 2.18. The molecule has 0 saturated carbocycles. The van der Waals surface area contributed by atoms with Gasteiger partial charge in [0.1, 0.15) is 0 Å². The lowest BCUT2D eigenvalue weighted by Crippen LogP contribution is -2.24. The van der Waals surface area contributed by atoms with Gasteiger partial charge in [-0.1, -0.05) is 31.2 Å². The van der Waals surface area contributed by atoms with Gasteiger partial charge < -0.3 is 5.32 Å². The monoisotopic (exact) mass is 271 g/mol. The van der Waals surface area contributed by atoms with E-state index in [1.165, 1.54) is 22.4 Å². The van der Waals surface area contributed by atoms with Crippen molar-refractivity contribution >= 4 is 0 Å². The number of hydrogen-bond acceptors (Lipinski definition) is 2. The number of benzene rings is 1. The first-order valence-electron chi connectivity index (χ1n) is 7.32. The Morgan fingerprint density at radius 3 is 2.45 bits per heavy atom. The summed E-state index contributed by atoms with van der Waals surface area (Å²) in [5.74, 6) is 0. The van der Waals surface area contributed by atoms with E-state index in [0.717, 1.165) is 18.7 Å². The van der Waals surface area contributed by atoms with Crippen molar-refractivity contribution in [3.8, 4) is 0 Å². The van der Waals surface area contributed by atoms with Crippen LogP contribution in [0.3, 0.4) is 0 Å². The van der Waals surface area contributed by atoms with Crippen LogP contribution in [0.15, 0.2) is 24.3 Å². The van der Waals surface area contributed by atoms with Gasteiger partial charge in [0.05, 0.1) is 5.69 Å². The summed E-state index contributed by atoms with van der Waals surface area (Å²) in [6.07, 6.45) is 0.990. The van der Waals surface area contributed by atoms with E-state index in [1.54, 1.807) is 0 Å². The fourth-order valence-corrected chi connectivity index (χ4v) is 2.83. The highest BCUT2D eigenvalue weighted by molar-refractivity contribution is 5.33. The Labute approximate surface area is 122 Å². The number of rotatable bonds is 5. The van der Waals surface area contributed by atoms with Crippen molar-refractivity contribution in [1.29, 1.82) is 0 Å². The van der Waals surface area contributed by atoms with Gasteiger partial charge in [-0.3, -0.25) is 4.68 Å². The maximum Gasteiger partial charge on any atom is 0.0629 e. The van der Waals surface area contributed by atoms with Crippen LogP contribution in [0.4, 0.5) is 0 Å². The minimum Gasteiger partial charge on any atom is -0.310 e. The molecule has 1 unspecified atom stereocenters. The average molecular weight is 271 g/mol. The van der Waals surface area contributed by atoms with E-state index in [4.69, 9.17) is 0 Å². The third kappa shape index (κ3) is 2.93. The van der Waals surface area contributed by atoms with Crippen molar-refractivity contribution in [2.24, 2.45) is 7.05 Å². The Bertz CT molecular complexity index is 584. The summed E-state index contributed by atoms with van der Waals surface area (Å²) in [5.41, 5.74) is 6.50. The van der Waals surface area contributed by atoms with Crippen LogP contribution in [0.25, 0.3) is 0 Å². The van der Waals surface area contributed by atoms with Crippen LogP contribution in [0, 0.1) is 20.8 Å². The molecule has 0 fully saturated rings. The molecular weight excluding hydrogens is 246 g/mol. The lowest BCUT2D eigenvalue weighted by Gasteiger charge is -2.20. The first-order valence-corrected chi connectivity index (χ1v) is 7.32. The van der Waals surface area contributed by atoms with E-state index in [9.17, 15) is 0 Å². The summed E-state index contributed by atoms with van der Waals surface area (Å²) in [5, 5.41) is 8.14. The Morgan fingerprint density at radius 2 is 1.90 bits per heavy atom. The summed E-state index contributed by atoms with van der Waals surface area (Å²) in [6, 6.07) is 8.98. The fourth-order valence-electron chi connectivity index (χ4n) is 2.83. The number of nitrogens with zero attached hydrogens (tertiary/aromatic N) is 2. The number of aryl methyl sites for hydroxylation is 3. The minimum absolute atomic E-state index is 0.350. The predicted molar refractivity (Wildman–Crippen MR) is 84.0 cm³/mol. The molecule has 3 nitrogen and oxygen atoms in total. The lowest BCUT2D eigenvalue weighted by molar-refractivity contribution is 0.545. The molecule has 0 aliphatic heterocycles. The molecule has 0 radical (unpaired) electrons. The van der Waals surface area contributed by atoms with Gasteiger partial charge in [-0.25, -0.2) is 0 Å². The van der Waals surface area contributed by atoms with Crippen LogP contribution in [0.5, 0.6) is 0 Å². The molecule has 2 rings (SSSR count). The van der Waals surface area contributed by atoms with Gasteiger partial charge >= 0.3 is 0 Å². The topological polar surface area (TPSA) is 29.9 Å². The van der Waals surface area contributed by atoms with Gasteiger partial charge in [0.15, 0.2) is 0 Å². The molecule has 0 spiro atoms. The van der Waals surface area contributed by atoms with E-state index in [1.807, 2.05) is 11.7 Å². The molecular formula is C17H25N3. The summed E-state index contributed by atoms with van der Waals surface area (Å²) in [7, 11) is 2.02. The van der Waals surface area contributed by atoms with Crippen LogP contribution < -0.4 is 5.32 Å². The van der Waals surface area contributed by atoms with Crippen molar-refractivity contribution in [2.75, 3.05) is 6.54 Å². The van der Waals surface area contributed by atoms with Crippen molar-refractivity contribution in [1.82, 2.24) is 15.1 Å². The summed E-state index contributed by atoms with van der Waals surface area (Å²) >= 11 is 0. The maximum atomic E-state index is 4.53. The van der Waals surface area contributed by atoms with E-state index in [-0.39, 0.29) is 0 Å². The number of aromatic nitrogens is 2. The SMILES string of the molecule is CCNC(Cc1c(C)nn(C)c1C)c1ccccc1C. The second-order valence-electron chi connectivity index (χ2n) is 5.44. The van der Waals surface area contributed by atoms with E-state index >= 15 is 0 Å². The molecule has 0 aliphatic rings. The first-order chi connectivity index (χ1) is 9.54. The van der Waals surface area contributed by atoms with Gasteiger partial charge in [-0.05, 0) is 50.4 Å². The van der Waals surface area contributed by atoms with Crippen LogP contribution in [-0.4, -0.2) is 16.3 Å². The molecule has 1 aromatic carbocycles. The molecule has 3 heteroatoms. The molecule has 1 atom stereocenters. The molecule has 2 aromatic rings. The quantitative estimate of drug-likeness (QED) is 0.904. The largest absolute Gasteiger partial charge is 0.310 e. The molecule has 0 saturated heterocycles. The Kier molecular flexibility index (Phi) is 4.61. The number of nitrogens with one attached hydrogen (secondary N) is 1. The van der Waals surface area contributed by atoms with Crippen molar-refractivity contribution in [3.05, 3.63) is 52.3 Å². The molecule has 0 bridgehead atoms. The maximum absolute atomic E-state index is 4.53. The molecule has 20 heavy (non-hydrogen) atoms. The Morgan fingerprint density at radius 1 is 1.20 bits per heavy atom. The number of likely N-dealkylation sites (N-methyl/N-ethyl adjacent to an activating group) is 1. The van der Waals surface area contributed by atoms with Gasteiger partial charge in [0.25, 0.3) is 0 Å². The molecule has 0 amide bonds. The zero-order chi connectivity index (χ0) is 14.7. The van der Waals surface area contributed by atoms with Gasteiger partial charge in [0.2, 0.25) is 0 Å². The second kappa shape index (κ2) is 6.23. The van der Waals surface area contributed by atoms with Crippen LogP contribution in [0.2, 0.25) is 0 Å². The molecule has 0 aliphatic carbocycles. The van der Waals surface area contributed by atoms with Crippen LogP contribution in [-0.2, 0) is 13.5 Å². The molecule has 1 N–H and O–H groups in total. The zero-order valence-electron chi connectivity index (χ0n) is 13.2. The third-order valence-corrected chi connectivity index (χ3v) is 4.08. The molecule has 108 valence electrons. The van der Waals surface area contributed by atoms with Crippen LogP contribution >= 0.6 is 0 Å². The highest BCUT2D eigenvalue weighted by atomic mass is 15.3. The Balaban J connectivity index is 2.33. The van der Waals surface area contributed by atoms with Gasteiger partial charge in [-0.2, -0.15) is 5.10 Å². The smallest absolute Gasteiger partial charge is 0.0629 e. The van der Waals surface area contributed by atoms with Crippen molar-refractivity contribution < 1.29 is 0 Å². The summed E-state index contributed by atoms with van der Waals surface area (Å²) in [6.45, 7) is 9.56. The van der Waals surface area contributed by atoms with Crippen molar-refractivity contribution in [2.45, 2.75) is 40.2 Å². The van der Waals surface area contributed by atoms with Crippen LogP contribution in [0.1, 0.15) is 41.0 Å². The predicted octanol–water partition coefficient (Wildman–Crippen LogP) is 3.24. The van der Waals surface area contributed by atoms with E-state index in [2.05, 4.69) is 62.4 Å². The summed E-state index contributed by atoms with van der Waals surface area (Å²) < 4.78 is 1.98. The van der Waals surface area contributed by atoms with E-state index in [0.29, 0.717) is 6.04 Å². The van der Waals surface area contributed by atoms with E-state index < -0.39 is 0 Å². The van der Waals surface area contributed by atoms with Gasteiger partial charge in [-0.15, -0.1) is 0 Å². The standard InChI is InChI=1S/C17H25N3/c1-6-18-17(15-10-8-7-9-12(15)2)11-16-13(3)19-20(5)14(16)4/h7-10,17-18H,6,11H2,1-5H3. The number of hydrogen-bond donors (Lipinski definition) is 1. The molecule has 1 aromatic heterocycles. The average Bonchev–Trinajstić information content (AvgIpc) is 2.65. The minimum atomic E-state index is 0.350.